The second-order valence-electron chi connectivity index (χ2n) is 7.15. The zero-order valence-electron chi connectivity index (χ0n) is 17.9. The number of phenols is 1. The fraction of sp³-hybridized carbons (Fsp3) is 0.429. The van der Waals surface area contributed by atoms with E-state index in [0.29, 0.717) is 46.5 Å². The molecule has 2 N–H and O–H groups in total. The minimum atomic E-state index is -0.526. The summed E-state index contributed by atoms with van der Waals surface area (Å²) in [4.78, 5) is 24.2. The summed E-state index contributed by atoms with van der Waals surface area (Å²) >= 11 is 1.27. The van der Waals surface area contributed by atoms with Crippen molar-refractivity contribution >= 4 is 28.3 Å². The molecule has 1 aromatic carbocycles. The molecule has 1 aliphatic rings. The van der Waals surface area contributed by atoms with Gasteiger partial charge >= 0.3 is 5.97 Å². The quantitative estimate of drug-likeness (QED) is 0.444. The Hall–Kier alpha value is -2.98. The number of cyclic esters (lactones) is 1. The van der Waals surface area contributed by atoms with Crippen molar-refractivity contribution in [3.05, 3.63) is 38.9 Å². The topological polar surface area (TPSA) is 120 Å². The number of amides is 1. The third kappa shape index (κ3) is 5.02. The van der Waals surface area contributed by atoms with Crippen molar-refractivity contribution < 1.29 is 28.9 Å². The molecule has 9 nitrogen and oxygen atoms in total. The van der Waals surface area contributed by atoms with Crippen LogP contribution in [0.25, 0.3) is 0 Å². The molecule has 10 heteroatoms. The molecule has 0 fully saturated rings. The van der Waals surface area contributed by atoms with Crippen molar-refractivity contribution in [2.24, 2.45) is 0 Å². The first kappa shape index (κ1) is 22.7. The van der Waals surface area contributed by atoms with E-state index in [-0.39, 0.29) is 30.2 Å². The summed E-state index contributed by atoms with van der Waals surface area (Å²) in [6.45, 7) is 4.24. The molecule has 1 aliphatic heterocycles. The van der Waals surface area contributed by atoms with E-state index in [4.69, 9.17) is 14.2 Å². The smallest absolute Gasteiger partial charge is 0.342 e. The molecule has 2 heterocycles. The monoisotopic (exact) mass is 447 g/mol. The van der Waals surface area contributed by atoms with Crippen LogP contribution in [-0.2, 0) is 33.9 Å². The Labute approximate surface area is 184 Å². The normalized spacial score (nSPS) is 13.2. The molecule has 0 radical (unpaired) electrons. The molecule has 0 aliphatic carbocycles. The Morgan fingerprint density at radius 2 is 2.10 bits per heavy atom. The number of phenolic OH excluding ortho intramolecular Hbond substituents is 1. The van der Waals surface area contributed by atoms with E-state index in [1.807, 2.05) is 19.9 Å². The van der Waals surface area contributed by atoms with Gasteiger partial charge in [-0.15, -0.1) is 10.2 Å². The van der Waals surface area contributed by atoms with E-state index in [1.165, 1.54) is 18.4 Å². The first-order chi connectivity index (χ1) is 14.8. The minimum absolute atomic E-state index is 0.107. The maximum atomic E-state index is 12.2. The standard InChI is InChI=1S/C21H25N3O6S/c1-11(6-8-15(25)22-21-24-23-16(31-21)10-28-3)5-7-13-18(26)17-14(9-30-20(17)27)12(2)19(13)29-4/h5,26H,6-10H2,1-4H3,(H,22,24,25). The maximum absolute atomic E-state index is 12.2. The number of aromatic nitrogens is 2. The van der Waals surface area contributed by atoms with Crippen LogP contribution >= 0.6 is 11.3 Å². The fourth-order valence-electron chi connectivity index (χ4n) is 3.38. The average Bonchev–Trinajstić information content (AvgIpc) is 3.34. The molecular weight excluding hydrogens is 422 g/mol. The number of fused-ring (bicyclic) bond motifs is 1. The molecule has 0 bridgehead atoms. The van der Waals surface area contributed by atoms with E-state index in [9.17, 15) is 14.7 Å². The lowest BCUT2D eigenvalue weighted by Gasteiger charge is -2.15. The number of hydrogen-bond donors (Lipinski definition) is 2. The zero-order chi connectivity index (χ0) is 22.5. The predicted molar refractivity (Wildman–Crippen MR) is 114 cm³/mol. The van der Waals surface area contributed by atoms with Crippen molar-refractivity contribution in [1.82, 2.24) is 10.2 Å². The summed E-state index contributed by atoms with van der Waals surface area (Å²) in [5.74, 6) is -0.254. The number of benzene rings is 1. The van der Waals surface area contributed by atoms with E-state index in [2.05, 4.69) is 15.5 Å². The largest absolute Gasteiger partial charge is 0.507 e. The van der Waals surface area contributed by atoms with Crippen LogP contribution in [-0.4, -0.2) is 41.4 Å². The molecule has 1 amide bonds. The Kier molecular flexibility index (Phi) is 7.24. The van der Waals surface area contributed by atoms with E-state index in [0.717, 1.165) is 11.1 Å². The molecular formula is C21H25N3O6S. The van der Waals surface area contributed by atoms with E-state index in [1.54, 1.807) is 7.11 Å². The van der Waals surface area contributed by atoms with Gasteiger partial charge in [-0.25, -0.2) is 4.79 Å². The number of nitrogens with one attached hydrogen (secondary N) is 1. The number of ether oxygens (including phenoxy) is 3. The SMILES string of the molecule is COCc1nnc(NC(=O)CCC(C)=CCc2c(O)c3c(c(C)c2OC)COC3=O)s1. The molecule has 1 aromatic heterocycles. The number of hydrogen-bond acceptors (Lipinski definition) is 9. The molecule has 166 valence electrons. The van der Waals surface area contributed by atoms with Gasteiger partial charge in [0.05, 0.1) is 7.11 Å². The van der Waals surface area contributed by atoms with Gasteiger partial charge < -0.3 is 24.6 Å². The van der Waals surface area contributed by atoms with Crippen LogP contribution in [0.1, 0.15) is 51.8 Å². The second-order valence-corrected chi connectivity index (χ2v) is 8.21. The fourth-order valence-corrected chi connectivity index (χ4v) is 4.11. The first-order valence-electron chi connectivity index (χ1n) is 9.70. The van der Waals surface area contributed by atoms with Gasteiger partial charge in [0.1, 0.15) is 35.3 Å². The summed E-state index contributed by atoms with van der Waals surface area (Å²) in [6, 6.07) is 0. The summed E-state index contributed by atoms with van der Waals surface area (Å²) in [5.41, 5.74) is 3.15. The summed E-state index contributed by atoms with van der Waals surface area (Å²) in [7, 11) is 3.10. The van der Waals surface area contributed by atoms with Gasteiger partial charge in [0, 0.05) is 24.7 Å². The number of allylic oxidation sites excluding steroid dienone is 2. The van der Waals surface area contributed by atoms with Gasteiger partial charge in [-0.2, -0.15) is 0 Å². The van der Waals surface area contributed by atoms with Crippen LogP contribution < -0.4 is 10.1 Å². The lowest BCUT2D eigenvalue weighted by Crippen LogP contribution is -2.11. The molecule has 0 atom stereocenters. The molecule has 31 heavy (non-hydrogen) atoms. The minimum Gasteiger partial charge on any atom is -0.507 e. The van der Waals surface area contributed by atoms with Crippen LogP contribution in [0.2, 0.25) is 0 Å². The predicted octanol–water partition coefficient (Wildman–Crippen LogP) is 3.29. The van der Waals surface area contributed by atoms with Gasteiger partial charge in [-0.05, 0) is 32.3 Å². The second kappa shape index (κ2) is 9.88. The highest BCUT2D eigenvalue weighted by Gasteiger charge is 2.31. The number of rotatable bonds is 9. The van der Waals surface area contributed by atoms with Gasteiger partial charge in [-0.3, -0.25) is 4.79 Å². The number of nitrogens with zero attached hydrogens (tertiary/aromatic N) is 2. The third-order valence-electron chi connectivity index (χ3n) is 5.03. The van der Waals surface area contributed by atoms with Gasteiger partial charge in [-0.1, -0.05) is 23.0 Å². The molecule has 3 rings (SSSR count). The van der Waals surface area contributed by atoms with E-state index < -0.39 is 5.97 Å². The lowest BCUT2D eigenvalue weighted by molar-refractivity contribution is -0.116. The van der Waals surface area contributed by atoms with Crippen LogP contribution in [0.3, 0.4) is 0 Å². The lowest BCUT2D eigenvalue weighted by atomic mass is 9.94. The van der Waals surface area contributed by atoms with Gasteiger partial charge in [0.25, 0.3) is 0 Å². The highest BCUT2D eigenvalue weighted by Crippen LogP contribution is 2.42. The van der Waals surface area contributed by atoms with Crippen molar-refractivity contribution in [3.8, 4) is 11.5 Å². The number of aromatic hydroxyl groups is 1. The Morgan fingerprint density at radius 3 is 2.81 bits per heavy atom. The third-order valence-corrected chi connectivity index (χ3v) is 5.84. The first-order valence-corrected chi connectivity index (χ1v) is 10.5. The summed E-state index contributed by atoms with van der Waals surface area (Å²) in [6.07, 6.45) is 3.09. The molecule has 2 aromatic rings. The highest BCUT2D eigenvalue weighted by molar-refractivity contribution is 7.15. The van der Waals surface area contributed by atoms with Crippen molar-refractivity contribution in [2.45, 2.75) is 46.3 Å². The van der Waals surface area contributed by atoms with Gasteiger partial charge in [0.15, 0.2) is 0 Å². The van der Waals surface area contributed by atoms with E-state index >= 15 is 0 Å². The van der Waals surface area contributed by atoms with Crippen LogP contribution in [0, 0.1) is 6.92 Å². The molecule has 0 saturated heterocycles. The number of anilines is 1. The number of methoxy groups -OCH3 is 2. The maximum Gasteiger partial charge on any atom is 0.342 e. The van der Waals surface area contributed by atoms with Gasteiger partial charge in [0.2, 0.25) is 11.0 Å². The number of carbonyl (C=O) groups excluding carboxylic acids is 2. The molecule has 0 unspecified atom stereocenters. The number of esters is 1. The van der Waals surface area contributed by atoms with Crippen LogP contribution in [0.15, 0.2) is 11.6 Å². The van der Waals surface area contributed by atoms with Crippen LogP contribution in [0.4, 0.5) is 5.13 Å². The Balaban J connectivity index is 1.64. The molecule has 0 spiro atoms. The highest BCUT2D eigenvalue weighted by atomic mass is 32.1. The summed E-state index contributed by atoms with van der Waals surface area (Å²) in [5, 5.41) is 22.4. The van der Waals surface area contributed by atoms with Crippen LogP contribution in [0.5, 0.6) is 11.5 Å². The Morgan fingerprint density at radius 1 is 1.32 bits per heavy atom. The number of carbonyl (C=O) groups is 2. The van der Waals surface area contributed by atoms with Crippen molar-refractivity contribution in [1.29, 1.82) is 0 Å². The summed E-state index contributed by atoms with van der Waals surface area (Å²) < 4.78 is 15.5. The zero-order valence-corrected chi connectivity index (χ0v) is 18.7. The van der Waals surface area contributed by atoms with Crippen molar-refractivity contribution in [3.63, 3.8) is 0 Å². The Bertz CT molecular complexity index is 1030. The average molecular weight is 448 g/mol. The molecule has 0 saturated carbocycles. The van der Waals surface area contributed by atoms with Crippen molar-refractivity contribution in [2.75, 3.05) is 19.5 Å².